The Balaban J connectivity index is 2.02. The summed E-state index contributed by atoms with van der Waals surface area (Å²) in [5.74, 6) is 1.64. The van der Waals surface area contributed by atoms with Gasteiger partial charge >= 0.3 is 0 Å². The zero-order valence-electron chi connectivity index (χ0n) is 12.6. The lowest BCUT2D eigenvalue weighted by Crippen LogP contribution is -2.18. The molecule has 4 heteroatoms. The van der Waals surface area contributed by atoms with Crippen molar-refractivity contribution in [1.29, 1.82) is 0 Å². The van der Waals surface area contributed by atoms with Crippen LogP contribution >= 0.6 is 0 Å². The summed E-state index contributed by atoms with van der Waals surface area (Å²) in [7, 11) is 1.65. The molecule has 4 nitrogen and oxygen atoms in total. The molecule has 2 aromatic rings. The van der Waals surface area contributed by atoms with Crippen LogP contribution in [0.4, 0.5) is 0 Å². The Labute approximate surface area is 125 Å². The molecule has 0 spiro atoms. The van der Waals surface area contributed by atoms with Gasteiger partial charge in [0.25, 0.3) is 0 Å². The SMILES string of the molecule is COc1ccc(CC(C)N)c(OCCc2ccncc2)c1. The number of nitrogens with zero attached hydrogens (tertiary/aromatic N) is 1. The maximum Gasteiger partial charge on any atom is 0.126 e. The summed E-state index contributed by atoms with van der Waals surface area (Å²) in [4.78, 5) is 4.01. The molecular weight excluding hydrogens is 264 g/mol. The van der Waals surface area contributed by atoms with Crippen molar-refractivity contribution in [3.8, 4) is 11.5 Å². The predicted octanol–water partition coefficient (Wildman–Crippen LogP) is 2.60. The molecule has 0 aliphatic heterocycles. The first kappa shape index (κ1) is 15.3. The minimum Gasteiger partial charge on any atom is -0.497 e. The minimum absolute atomic E-state index is 0.0981. The van der Waals surface area contributed by atoms with E-state index in [-0.39, 0.29) is 6.04 Å². The molecule has 2 N–H and O–H groups in total. The van der Waals surface area contributed by atoms with Gasteiger partial charge in [0, 0.05) is 30.9 Å². The fraction of sp³-hybridized carbons (Fsp3) is 0.353. The summed E-state index contributed by atoms with van der Waals surface area (Å²) < 4.78 is 11.2. The summed E-state index contributed by atoms with van der Waals surface area (Å²) in [6.45, 7) is 2.61. The third-order valence-electron chi connectivity index (χ3n) is 3.21. The molecule has 1 heterocycles. The average molecular weight is 286 g/mol. The molecule has 0 bridgehead atoms. The van der Waals surface area contributed by atoms with E-state index in [0.717, 1.165) is 29.9 Å². The fourth-order valence-electron chi connectivity index (χ4n) is 2.14. The molecule has 0 aliphatic carbocycles. The molecule has 1 atom stereocenters. The van der Waals surface area contributed by atoms with Gasteiger partial charge in [-0.1, -0.05) is 6.07 Å². The van der Waals surface area contributed by atoms with Gasteiger partial charge in [0.05, 0.1) is 13.7 Å². The molecular formula is C17H22N2O2. The van der Waals surface area contributed by atoms with Crippen molar-refractivity contribution in [3.63, 3.8) is 0 Å². The molecule has 112 valence electrons. The van der Waals surface area contributed by atoms with Gasteiger partial charge in [-0.15, -0.1) is 0 Å². The zero-order valence-corrected chi connectivity index (χ0v) is 12.6. The largest absolute Gasteiger partial charge is 0.497 e. The Bertz CT molecular complexity index is 556. The maximum atomic E-state index is 5.93. The van der Waals surface area contributed by atoms with E-state index < -0.39 is 0 Å². The third-order valence-corrected chi connectivity index (χ3v) is 3.21. The van der Waals surface area contributed by atoms with Crippen LogP contribution in [0.1, 0.15) is 18.1 Å². The van der Waals surface area contributed by atoms with E-state index >= 15 is 0 Å². The Hall–Kier alpha value is -2.07. The lowest BCUT2D eigenvalue weighted by Gasteiger charge is -2.14. The van der Waals surface area contributed by atoms with Crippen molar-refractivity contribution in [1.82, 2.24) is 4.98 Å². The van der Waals surface area contributed by atoms with Gasteiger partial charge in [-0.2, -0.15) is 0 Å². The van der Waals surface area contributed by atoms with Crippen LogP contribution in [0.3, 0.4) is 0 Å². The summed E-state index contributed by atoms with van der Waals surface area (Å²) >= 11 is 0. The Morgan fingerprint density at radius 1 is 1.19 bits per heavy atom. The van der Waals surface area contributed by atoms with Gasteiger partial charge in [-0.3, -0.25) is 4.98 Å². The van der Waals surface area contributed by atoms with Gasteiger partial charge in [-0.25, -0.2) is 0 Å². The summed E-state index contributed by atoms with van der Waals surface area (Å²) in [6, 6.07) is 9.97. The van der Waals surface area contributed by atoms with Crippen molar-refractivity contribution < 1.29 is 9.47 Å². The Kier molecular flexibility index (Phi) is 5.58. The average Bonchev–Trinajstić information content (AvgIpc) is 2.49. The first-order valence-corrected chi connectivity index (χ1v) is 7.13. The van der Waals surface area contributed by atoms with Crippen LogP contribution in [0, 0.1) is 0 Å². The number of pyridine rings is 1. The number of methoxy groups -OCH3 is 1. The van der Waals surface area contributed by atoms with E-state index in [2.05, 4.69) is 4.98 Å². The summed E-state index contributed by atoms with van der Waals surface area (Å²) in [6.07, 6.45) is 5.22. The topological polar surface area (TPSA) is 57.4 Å². The van der Waals surface area contributed by atoms with Gasteiger partial charge in [0.1, 0.15) is 11.5 Å². The highest BCUT2D eigenvalue weighted by molar-refractivity contribution is 5.41. The van der Waals surface area contributed by atoms with Gasteiger partial charge in [-0.05, 0) is 42.7 Å². The second kappa shape index (κ2) is 7.64. The van der Waals surface area contributed by atoms with E-state index in [4.69, 9.17) is 15.2 Å². The lowest BCUT2D eigenvalue weighted by atomic mass is 10.1. The van der Waals surface area contributed by atoms with Crippen LogP contribution in [0.2, 0.25) is 0 Å². The first-order valence-electron chi connectivity index (χ1n) is 7.13. The van der Waals surface area contributed by atoms with E-state index in [1.807, 2.05) is 37.3 Å². The normalized spacial score (nSPS) is 12.0. The van der Waals surface area contributed by atoms with Crippen LogP contribution in [0.25, 0.3) is 0 Å². The smallest absolute Gasteiger partial charge is 0.126 e. The summed E-state index contributed by atoms with van der Waals surface area (Å²) in [5, 5.41) is 0. The van der Waals surface area contributed by atoms with E-state index in [1.165, 1.54) is 5.56 Å². The van der Waals surface area contributed by atoms with Crippen LogP contribution in [0.5, 0.6) is 11.5 Å². The second-order valence-corrected chi connectivity index (χ2v) is 5.11. The Morgan fingerprint density at radius 3 is 2.62 bits per heavy atom. The molecule has 1 aromatic carbocycles. The van der Waals surface area contributed by atoms with Gasteiger partial charge in [0.15, 0.2) is 0 Å². The summed E-state index contributed by atoms with van der Waals surface area (Å²) in [5.41, 5.74) is 8.21. The molecule has 0 aliphatic rings. The van der Waals surface area contributed by atoms with E-state index in [1.54, 1.807) is 19.5 Å². The quantitative estimate of drug-likeness (QED) is 0.850. The van der Waals surface area contributed by atoms with Crippen LogP contribution < -0.4 is 15.2 Å². The molecule has 1 aromatic heterocycles. The number of rotatable bonds is 7. The Morgan fingerprint density at radius 2 is 1.95 bits per heavy atom. The number of aromatic nitrogens is 1. The molecule has 21 heavy (non-hydrogen) atoms. The molecule has 0 saturated carbocycles. The molecule has 1 unspecified atom stereocenters. The van der Waals surface area contributed by atoms with Crippen molar-refractivity contribution in [2.45, 2.75) is 25.8 Å². The molecule has 0 saturated heterocycles. The number of ether oxygens (including phenoxy) is 2. The van der Waals surface area contributed by atoms with Crippen molar-refractivity contribution in [2.75, 3.05) is 13.7 Å². The van der Waals surface area contributed by atoms with Crippen LogP contribution in [0.15, 0.2) is 42.7 Å². The number of benzene rings is 1. The van der Waals surface area contributed by atoms with Crippen molar-refractivity contribution in [3.05, 3.63) is 53.9 Å². The van der Waals surface area contributed by atoms with Gasteiger partial charge < -0.3 is 15.2 Å². The molecule has 2 rings (SSSR count). The van der Waals surface area contributed by atoms with E-state index in [9.17, 15) is 0 Å². The lowest BCUT2D eigenvalue weighted by molar-refractivity contribution is 0.315. The van der Waals surface area contributed by atoms with Gasteiger partial charge in [0.2, 0.25) is 0 Å². The highest BCUT2D eigenvalue weighted by Crippen LogP contribution is 2.26. The molecule has 0 amide bonds. The highest BCUT2D eigenvalue weighted by atomic mass is 16.5. The monoisotopic (exact) mass is 286 g/mol. The molecule has 0 radical (unpaired) electrons. The number of hydrogen-bond acceptors (Lipinski definition) is 4. The fourth-order valence-corrected chi connectivity index (χ4v) is 2.14. The zero-order chi connectivity index (χ0) is 15.1. The highest BCUT2D eigenvalue weighted by Gasteiger charge is 2.08. The second-order valence-electron chi connectivity index (χ2n) is 5.11. The number of hydrogen-bond donors (Lipinski definition) is 1. The van der Waals surface area contributed by atoms with Crippen LogP contribution in [-0.4, -0.2) is 24.7 Å². The van der Waals surface area contributed by atoms with Crippen molar-refractivity contribution >= 4 is 0 Å². The maximum absolute atomic E-state index is 5.93. The predicted molar refractivity (Wildman–Crippen MR) is 83.8 cm³/mol. The van der Waals surface area contributed by atoms with E-state index in [0.29, 0.717) is 6.61 Å². The first-order chi connectivity index (χ1) is 10.2. The molecule has 0 fully saturated rings. The third kappa shape index (κ3) is 4.76. The van der Waals surface area contributed by atoms with Crippen molar-refractivity contribution in [2.24, 2.45) is 5.73 Å². The minimum atomic E-state index is 0.0981. The standard InChI is InChI=1S/C17H22N2O2/c1-13(18)11-15-3-4-16(20-2)12-17(15)21-10-7-14-5-8-19-9-6-14/h3-6,8-9,12-13H,7,10-11,18H2,1-2H3. The van der Waals surface area contributed by atoms with Crippen LogP contribution in [-0.2, 0) is 12.8 Å². The number of nitrogens with two attached hydrogens (primary N) is 1.